The van der Waals surface area contributed by atoms with E-state index in [4.69, 9.17) is 5.84 Å². The lowest BCUT2D eigenvalue weighted by Gasteiger charge is -2.32. The van der Waals surface area contributed by atoms with Crippen molar-refractivity contribution in [3.8, 4) is 0 Å². The van der Waals surface area contributed by atoms with Gasteiger partial charge in [0.1, 0.15) is 0 Å². The standard InChI is InChI=1S/C27H31N5/c1-31-16-18-32(19-17-31)21-24-8-6-22(7-9-24)11-13-26(30-28)5-3-2-4-23-10-12-25-14-15-29-27(25)20-23/h2-15,20,29H,16-19,21,28H2,1H3/b4-2+,5-3+,13-11+,30-26+. The number of piperazine rings is 1. The Morgan fingerprint density at radius 1 is 0.938 bits per heavy atom. The second kappa shape index (κ2) is 10.8. The van der Waals surface area contributed by atoms with Gasteiger partial charge in [-0.1, -0.05) is 60.7 Å². The zero-order valence-electron chi connectivity index (χ0n) is 18.6. The first-order valence-corrected chi connectivity index (χ1v) is 11.1. The highest BCUT2D eigenvalue weighted by Crippen LogP contribution is 2.15. The van der Waals surface area contributed by atoms with Gasteiger partial charge in [-0.25, -0.2) is 0 Å². The van der Waals surface area contributed by atoms with Crippen LogP contribution in [0.4, 0.5) is 0 Å². The molecule has 0 spiro atoms. The van der Waals surface area contributed by atoms with Crippen LogP contribution in [0.25, 0.3) is 23.1 Å². The summed E-state index contributed by atoms with van der Waals surface area (Å²) in [6.07, 6.45) is 13.8. The maximum Gasteiger partial charge on any atom is 0.0827 e. The number of aromatic amines is 1. The van der Waals surface area contributed by atoms with Gasteiger partial charge in [-0.2, -0.15) is 5.10 Å². The molecular formula is C27H31N5. The van der Waals surface area contributed by atoms with Crippen LogP contribution in [-0.2, 0) is 6.54 Å². The van der Waals surface area contributed by atoms with E-state index in [1.54, 1.807) is 0 Å². The van der Waals surface area contributed by atoms with Gasteiger partial charge in [0.05, 0.1) is 5.71 Å². The Labute approximate surface area is 190 Å². The van der Waals surface area contributed by atoms with Crippen molar-refractivity contribution in [3.05, 3.63) is 95.7 Å². The molecule has 2 heterocycles. The summed E-state index contributed by atoms with van der Waals surface area (Å²) in [5.74, 6) is 5.57. The number of H-pyrrole nitrogens is 1. The highest BCUT2D eigenvalue weighted by molar-refractivity contribution is 6.06. The Balaban J connectivity index is 1.30. The molecule has 0 unspecified atom stereocenters. The lowest BCUT2D eigenvalue weighted by molar-refractivity contribution is 0.148. The number of rotatable bonds is 7. The summed E-state index contributed by atoms with van der Waals surface area (Å²) in [5.41, 5.74) is 5.48. The Morgan fingerprint density at radius 3 is 2.50 bits per heavy atom. The Hall–Kier alpha value is -3.41. The third-order valence-electron chi connectivity index (χ3n) is 5.82. The van der Waals surface area contributed by atoms with E-state index in [2.05, 4.69) is 81.5 Å². The largest absolute Gasteiger partial charge is 0.361 e. The molecule has 0 atom stereocenters. The lowest BCUT2D eigenvalue weighted by Crippen LogP contribution is -2.43. The maximum absolute atomic E-state index is 5.57. The Kier molecular flexibility index (Phi) is 7.33. The van der Waals surface area contributed by atoms with Crippen LogP contribution in [0.2, 0.25) is 0 Å². The minimum absolute atomic E-state index is 0.719. The summed E-state index contributed by atoms with van der Waals surface area (Å²) in [6, 6.07) is 17.1. The van der Waals surface area contributed by atoms with Crippen LogP contribution in [0.15, 0.2) is 84.1 Å². The van der Waals surface area contributed by atoms with Crippen molar-refractivity contribution in [2.45, 2.75) is 6.54 Å². The summed E-state index contributed by atoms with van der Waals surface area (Å²) < 4.78 is 0. The first kappa shape index (κ1) is 21.8. The number of nitrogens with two attached hydrogens (primary N) is 1. The number of hydrogen-bond donors (Lipinski definition) is 2. The highest BCUT2D eigenvalue weighted by atomic mass is 15.2. The van der Waals surface area contributed by atoms with Crippen LogP contribution in [0.3, 0.4) is 0 Å². The SMILES string of the molecule is CN1CCN(Cc2ccc(/C=C/C(/C=C/C=C/c3ccc4cc[nH]c4c3)=N/N)cc2)CC1. The zero-order chi connectivity index (χ0) is 22.2. The summed E-state index contributed by atoms with van der Waals surface area (Å²) in [6.45, 7) is 5.57. The topological polar surface area (TPSA) is 60.6 Å². The number of benzene rings is 2. The van der Waals surface area contributed by atoms with Crippen LogP contribution in [0.5, 0.6) is 0 Å². The van der Waals surface area contributed by atoms with Crippen LogP contribution >= 0.6 is 0 Å². The van der Waals surface area contributed by atoms with Gasteiger partial charge in [0.2, 0.25) is 0 Å². The highest BCUT2D eigenvalue weighted by Gasteiger charge is 2.13. The van der Waals surface area contributed by atoms with Crippen LogP contribution in [-0.4, -0.2) is 53.7 Å². The molecule has 0 bridgehead atoms. The van der Waals surface area contributed by atoms with E-state index in [-0.39, 0.29) is 0 Å². The van der Waals surface area contributed by atoms with Gasteiger partial charge >= 0.3 is 0 Å². The van der Waals surface area contributed by atoms with Gasteiger partial charge in [0.25, 0.3) is 0 Å². The van der Waals surface area contributed by atoms with E-state index < -0.39 is 0 Å². The second-order valence-electron chi connectivity index (χ2n) is 8.25. The van der Waals surface area contributed by atoms with Crippen molar-refractivity contribution < 1.29 is 0 Å². The quantitative estimate of drug-likeness (QED) is 0.253. The van der Waals surface area contributed by atoms with Crippen LogP contribution < -0.4 is 5.84 Å². The summed E-state index contributed by atoms with van der Waals surface area (Å²) >= 11 is 0. The smallest absolute Gasteiger partial charge is 0.0827 e. The van der Waals surface area contributed by atoms with E-state index in [9.17, 15) is 0 Å². The van der Waals surface area contributed by atoms with E-state index in [0.717, 1.165) is 55.1 Å². The van der Waals surface area contributed by atoms with Gasteiger partial charge < -0.3 is 15.7 Å². The number of fused-ring (bicyclic) bond motifs is 1. The molecule has 1 aliphatic rings. The summed E-state index contributed by atoms with van der Waals surface area (Å²) in [5, 5.41) is 5.09. The molecule has 32 heavy (non-hydrogen) atoms. The second-order valence-corrected chi connectivity index (χ2v) is 8.25. The number of nitrogens with zero attached hydrogens (tertiary/aromatic N) is 3. The van der Waals surface area contributed by atoms with Gasteiger partial charge in [-0.05, 0) is 53.4 Å². The fourth-order valence-corrected chi connectivity index (χ4v) is 3.81. The number of aromatic nitrogens is 1. The first-order chi connectivity index (χ1) is 15.7. The fourth-order valence-electron chi connectivity index (χ4n) is 3.81. The van der Waals surface area contributed by atoms with Crippen LogP contribution in [0, 0.1) is 0 Å². The number of hydrogen-bond acceptors (Lipinski definition) is 4. The molecule has 0 radical (unpaired) electrons. The first-order valence-electron chi connectivity index (χ1n) is 11.1. The molecule has 5 nitrogen and oxygen atoms in total. The normalized spacial score (nSPS) is 16.8. The number of nitrogens with one attached hydrogen (secondary N) is 1. The van der Waals surface area contributed by atoms with Crippen molar-refractivity contribution in [1.82, 2.24) is 14.8 Å². The molecule has 1 aliphatic heterocycles. The molecule has 2 aromatic carbocycles. The third-order valence-corrected chi connectivity index (χ3v) is 5.82. The van der Waals surface area contributed by atoms with Gasteiger partial charge in [-0.15, -0.1) is 0 Å². The molecule has 3 aromatic rings. The Bertz CT molecular complexity index is 1130. The van der Waals surface area contributed by atoms with E-state index in [0.29, 0.717) is 0 Å². The van der Waals surface area contributed by atoms with Crippen molar-refractivity contribution >= 4 is 28.8 Å². The average molecular weight is 426 g/mol. The third kappa shape index (κ3) is 6.06. The molecule has 4 rings (SSSR count). The summed E-state index contributed by atoms with van der Waals surface area (Å²) in [4.78, 5) is 8.13. The van der Waals surface area contributed by atoms with Gasteiger partial charge in [-0.3, -0.25) is 4.90 Å². The molecule has 5 heteroatoms. The number of allylic oxidation sites excluding steroid dienone is 4. The zero-order valence-corrected chi connectivity index (χ0v) is 18.6. The van der Waals surface area contributed by atoms with Gasteiger partial charge in [0, 0.05) is 44.4 Å². The van der Waals surface area contributed by atoms with Crippen molar-refractivity contribution in [3.63, 3.8) is 0 Å². The predicted octanol–water partition coefficient (Wildman–Crippen LogP) is 4.51. The predicted molar refractivity (Wildman–Crippen MR) is 136 cm³/mol. The minimum Gasteiger partial charge on any atom is -0.361 e. The molecule has 0 saturated carbocycles. The van der Waals surface area contributed by atoms with E-state index >= 15 is 0 Å². The van der Waals surface area contributed by atoms with Crippen molar-refractivity contribution in [2.24, 2.45) is 10.9 Å². The number of likely N-dealkylation sites (N-methyl/N-ethyl adjacent to an activating group) is 1. The monoisotopic (exact) mass is 425 g/mol. The fraction of sp³-hybridized carbons (Fsp3) is 0.222. The summed E-state index contributed by atoms with van der Waals surface area (Å²) in [7, 11) is 2.19. The minimum atomic E-state index is 0.719. The number of hydrazone groups is 1. The molecule has 3 N–H and O–H groups in total. The van der Waals surface area contributed by atoms with E-state index in [1.807, 2.05) is 36.6 Å². The van der Waals surface area contributed by atoms with E-state index in [1.165, 1.54) is 10.9 Å². The molecule has 1 fully saturated rings. The molecule has 0 aliphatic carbocycles. The molecule has 1 saturated heterocycles. The molecule has 1 aromatic heterocycles. The maximum atomic E-state index is 5.57. The molecule has 0 amide bonds. The van der Waals surface area contributed by atoms with Crippen molar-refractivity contribution in [2.75, 3.05) is 33.2 Å². The average Bonchev–Trinajstić information content (AvgIpc) is 3.29. The molecular weight excluding hydrogens is 394 g/mol. The van der Waals surface area contributed by atoms with Crippen molar-refractivity contribution in [1.29, 1.82) is 0 Å². The lowest BCUT2D eigenvalue weighted by atomic mass is 10.1. The van der Waals surface area contributed by atoms with Gasteiger partial charge in [0.15, 0.2) is 0 Å². The Morgan fingerprint density at radius 2 is 1.72 bits per heavy atom. The van der Waals surface area contributed by atoms with Crippen LogP contribution in [0.1, 0.15) is 16.7 Å². The molecule has 164 valence electrons.